The summed E-state index contributed by atoms with van der Waals surface area (Å²) in [5.41, 5.74) is -0.0721. The first-order valence-electron chi connectivity index (χ1n) is 7.15. The first kappa shape index (κ1) is 14.8. The second kappa shape index (κ2) is 6.26. The summed E-state index contributed by atoms with van der Waals surface area (Å²) in [6.45, 7) is 3.38. The van der Waals surface area contributed by atoms with Gasteiger partial charge in [0.25, 0.3) is 0 Å². The smallest absolute Gasteiger partial charge is 0.317 e. The highest BCUT2D eigenvalue weighted by Gasteiger charge is 2.38. The Morgan fingerprint density at radius 2 is 2.35 bits per heavy atom. The number of nitrogens with zero attached hydrogens (tertiary/aromatic N) is 3. The zero-order chi connectivity index (χ0) is 14.6. The van der Waals surface area contributed by atoms with Crippen LogP contribution in [0, 0.1) is 5.41 Å². The molecular formula is C14H24N4O2. The van der Waals surface area contributed by atoms with Crippen molar-refractivity contribution in [3.05, 3.63) is 18.5 Å². The average Bonchev–Trinajstić information content (AvgIpc) is 2.86. The van der Waals surface area contributed by atoms with Gasteiger partial charge in [-0.1, -0.05) is 6.42 Å². The molecule has 20 heavy (non-hydrogen) atoms. The molecule has 0 aliphatic heterocycles. The van der Waals surface area contributed by atoms with E-state index in [0.29, 0.717) is 13.1 Å². The van der Waals surface area contributed by atoms with Crippen LogP contribution in [-0.2, 0) is 6.54 Å². The quantitative estimate of drug-likeness (QED) is 0.819. The number of carbonyl (C=O) groups excluding carboxylic acids is 1. The van der Waals surface area contributed by atoms with Gasteiger partial charge in [-0.25, -0.2) is 4.79 Å². The van der Waals surface area contributed by atoms with Crippen molar-refractivity contribution < 1.29 is 9.90 Å². The van der Waals surface area contributed by atoms with Gasteiger partial charge in [-0.15, -0.1) is 0 Å². The van der Waals surface area contributed by atoms with E-state index < -0.39 is 0 Å². The Morgan fingerprint density at radius 3 is 2.85 bits per heavy atom. The number of nitrogens with one attached hydrogen (secondary N) is 1. The largest absolute Gasteiger partial charge is 0.396 e. The maximum atomic E-state index is 12.1. The van der Waals surface area contributed by atoms with Crippen LogP contribution in [0.3, 0.4) is 0 Å². The second-order valence-electron chi connectivity index (χ2n) is 5.95. The van der Waals surface area contributed by atoms with Gasteiger partial charge in [-0.2, -0.15) is 5.10 Å². The lowest BCUT2D eigenvalue weighted by molar-refractivity contribution is 0.0227. The first-order chi connectivity index (χ1) is 9.54. The third-order valence-corrected chi connectivity index (χ3v) is 4.06. The van der Waals surface area contributed by atoms with E-state index in [4.69, 9.17) is 0 Å². The maximum absolute atomic E-state index is 12.1. The normalized spacial score (nSPS) is 18.1. The summed E-state index contributed by atoms with van der Waals surface area (Å²) in [7, 11) is 1.78. The zero-order valence-corrected chi connectivity index (χ0v) is 12.2. The summed E-state index contributed by atoms with van der Waals surface area (Å²) in [6.07, 6.45) is 6.75. The summed E-state index contributed by atoms with van der Waals surface area (Å²) in [5, 5.41) is 16.5. The molecule has 1 aromatic heterocycles. The van der Waals surface area contributed by atoms with Crippen molar-refractivity contribution in [3.8, 4) is 0 Å². The molecule has 1 heterocycles. The van der Waals surface area contributed by atoms with Crippen LogP contribution < -0.4 is 5.32 Å². The first-order valence-corrected chi connectivity index (χ1v) is 7.15. The molecule has 0 bridgehead atoms. The van der Waals surface area contributed by atoms with Gasteiger partial charge in [0.05, 0.1) is 13.2 Å². The van der Waals surface area contributed by atoms with Crippen molar-refractivity contribution in [1.82, 2.24) is 20.0 Å². The van der Waals surface area contributed by atoms with E-state index in [9.17, 15) is 9.90 Å². The topological polar surface area (TPSA) is 70.4 Å². The number of hydrogen-bond donors (Lipinski definition) is 2. The van der Waals surface area contributed by atoms with Crippen LogP contribution >= 0.6 is 0 Å². The minimum atomic E-state index is -0.0932. The van der Waals surface area contributed by atoms with Gasteiger partial charge in [-0.3, -0.25) is 4.68 Å². The van der Waals surface area contributed by atoms with Gasteiger partial charge in [0.2, 0.25) is 0 Å². The number of urea groups is 1. The van der Waals surface area contributed by atoms with Crippen molar-refractivity contribution in [2.24, 2.45) is 5.41 Å². The standard InChI is InChI=1S/C14H24N4O2/c1-12(9-18-8-4-7-15-18)16-13(20)17(2)10-14(11-19)5-3-6-14/h4,7-8,12,19H,3,5-6,9-11H2,1-2H3,(H,16,20)/t12-/m0/s1. The number of aliphatic hydroxyl groups is 1. The van der Waals surface area contributed by atoms with Crippen molar-refractivity contribution in [2.75, 3.05) is 20.2 Å². The molecule has 2 amide bonds. The zero-order valence-electron chi connectivity index (χ0n) is 12.2. The van der Waals surface area contributed by atoms with Crippen LogP contribution in [0.5, 0.6) is 0 Å². The summed E-state index contributed by atoms with van der Waals surface area (Å²) in [6, 6.07) is 1.78. The molecule has 1 atom stereocenters. The van der Waals surface area contributed by atoms with Crippen LogP contribution in [0.2, 0.25) is 0 Å². The Morgan fingerprint density at radius 1 is 1.60 bits per heavy atom. The van der Waals surface area contributed by atoms with Crippen LogP contribution in [0.25, 0.3) is 0 Å². The molecule has 6 heteroatoms. The molecule has 0 saturated heterocycles. The number of aromatic nitrogens is 2. The number of rotatable bonds is 6. The van der Waals surface area contributed by atoms with Crippen LogP contribution in [0.4, 0.5) is 4.79 Å². The lowest BCUT2D eigenvalue weighted by atomic mass is 9.69. The third-order valence-electron chi connectivity index (χ3n) is 4.06. The summed E-state index contributed by atoms with van der Waals surface area (Å²) in [4.78, 5) is 13.8. The van der Waals surface area contributed by atoms with E-state index in [2.05, 4.69) is 10.4 Å². The Labute approximate surface area is 119 Å². The van der Waals surface area contributed by atoms with Crippen LogP contribution in [0.15, 0.2) is 18.5 Å². The van der Waals surface area contributed by atoms with Crippen molar-refractivity contribution in [2.45, 2.75) is 38.8 Å². The highest BCUT2D eigenvalue weighted by atomic mass is 16.3. The predicted molar refractivity (Wildman–Crippen MR) is 76.2 cm³/mol. The molecule has 1 saturated carbocycles. The Bertz CT molecular complexity index is 423. The van der Waals surface area contributed by atoms with Crippen LogP contribution in [-0.4, -0.2) is 52.1 Å². The van der Waals surface area contributed by atoms with Gasteiger partial charge < -0.3 is 15.3 Å². The number of carbonyl (C=O) groups is 1. The number of hydrogen-bond acceptors (Lipinski definition) is 3. The molecular weight excluding hydrogens is 256 g/mol. The molecule has 0 unspecified atom stereocenters. The van der Waals surface area contributed by atoms with Crippen LogP contribution in [0.1, 0.15) is 26.2 Å². The number of aliphatic hydroxyl groups excluding tert-OH is 1. The molecule has 0 aromatic carbocycles. The fourth-order valence-corrected chi connectivity index (χ4v) is 2.67. The SMILES string of the molecule is C[C@@H](Cn1cccn1)NC(=O)N(C)CC1(CO)CCC1. The van der Waals surface area contributed by atoms with E-state index in [0.717, 1.165) is 19.3 Å². The van der Waals surface area contributed by atoms with Gasteiger partial charge in [0, 0.05) is 37.4 Å². The molecule has 1 fully saturated rings. The Hall–Kier alpha value is -1.56. The van der Waals surface area contributed by atoms with E-state index in [1.165, 1.54) is 0 Å². The van der Waals surface area contributed by atoms with E-state index in [1.807, 2.05) is 19.2 Å². The number of amides is 2. The van der Waals surface area contributed by atoms with E-state index in [1.54, 1.807) is 22.8 Å². The highest BCUT2D eigenvalue weighted by molar-refractivity contribution is 5.74. The molecule has 112 valence electrons. The minimum Gasteiger partial charge on any atom is -0.396 e. The molecule has 2 rings (SSSR count). The molecule has 6 nitrogen and oxygen atoms in total. The molecule has 2 N–H and O–H groups in total. The van der Waals surface area contributed by atoms with Gasteiger partial charge in [0.15, 0.2) is 0 Å². The molecule has 0 spiro atoms. The van der Waals surface area contributed by atoms with Gasteiger partial charge >= 0.3 is 6.03 Å². The Kier molecular flexibility index (Phi) is 4.65. The van der Waals surface area contributed by atoms with Crippen molar-refractivity contribution in [1.29, 1.82) is 0 Å². The van der Waals surface area contributed by atoms with Gasteiger partial charge in [-0.05, 0) is 25.8 Å². The average molecular weight is 280 g/mol. The summed E-state index contributed by atoms with van der Waals surface area (Å²) in [5.74, 6) is 0. The van der Waals surface area contributed by atoms with E-state index in [-0.39, 0.29) is 24.1 Å². The highest BCUT2D eigenvalue weighted by Crippen LogP contribution is 2.40. The molecule has 0 radical (unpaired) electrons. The summed E-state index contributed by atoms with van der Waals surface area (Å²) >= 11 is 0. The summed E-state index contributed by atoms with van der Waals surface area (Å²) < 4.78 is 1.80. The van der Waals surface area contributed by atoms with Crippen molar-refractivity contribution >= 4 is 6.03 Å². The molecule has 1 aliphatic rings. The lowest BCUT2D eigenvalue weighted by Gasteiger charge is -2.42. The predicted octanol–water partition coefficient (Wildman–Crippen LogP) is 1.08. The lowest BCUT2D eigenvalue weighted by Crippen LogP contribution is -2.50. The fourth-order valence-electron chi connectivity index (χ4n) is 2.67. The Balaban J connectivity index is 1.78. The maximum Gasteiger partial charge on any atom is 0.317 e. The molecule has 1 aliphatic carbocycles. The third kappa shape index (κ3) is 3.50. The van der Waals surface area contributed by atoms with Crippen molar-refractivity contribution in [3.63, 3.8) is 0 Å². The minimum absolute atomic E-state index is 0.0105. The fraction of sp³-hybridized carbons (Fsp3) is 0.714. The van der Waals surface area contributed by atoms with E-state index >= 15 is 0 Å². The molecule has 1 aromatic rings. The second-order valence-corrected chi connectivity index (χ2v) is 5.95. The monoisotopic (exact) mass is 280 g/mol. The van der Waals surface area contributed by atoms with Gasteiger partial charge in [0.1, 0.15) is 0 Å².